The third kappa shape index (κ3) is 2.46. The van der Waals surface area contributed by atoms with Crippen LogP contribution in [-0.2, 0) is 20.0 Å². The van der Waals surface area contributed by atoms with Crippen molar-refractivity contribution >= 4 is 16.3 Å². The Morgan fingerprint density at radius 2 is 2.20 bits per heavy atom. The minimum Gasteiger partial charge on any atom is -0.321 e. The number of thiazole rings is 1. The molecule has 0 fully saturated rings. The maximum Gasteiger partial charge on any atom is 0.194 e. The van der Waals surface area contributed by atoms with Gasteiger partial charge in [0.25, 0.3) is 0 Å². The fourth-order valence-corrected chi connectivity index (χ4v) is 3.15. The molecule has 0 aliphatic carbocycles. The number of hydrogen-bond acceptors (Lipinski definition) is 5. The molecular formula is C13H18N6S. The summed E-state index contributed by atoms with van der Waals surface area (Å²) in [6.07, 6.45) is 4.76. The lowest BCUT2D eigenvalue weighted by Crippen LogP contribution is -2.19. The van der Waals surface area contributed by atoms with Crippen LogP contribution in [-0.4, -0.2) is 30.7 Å². The quantitative estimate of drug-likeness (QED) is 0.723. The Labute approximate surface area is 121 Å². The van der Waals surface area contributed by atoms with E-state index in [0.717, 1.165) is 36.0 Å². The van der Waals surface area contributed by atoms with Crippen LogP contribution in [0.4, 0.5) is 0 Å². The van der Waals surface area contributed by atoms with Gasteiger partial charge in [0.1, 0.15) is 12.2 Å². The van der Waals surface area contributed by atoms with Crippen molar-refractivity contribution in [3.8, 4) is 0 Å². The summed E-state index contributed by atoms with van der Waals surface area (Å²) in [7, 11) is 1.97. The predicted octanol–water partition coefficient (Wildman–Crippen LogP) is 1.47. The Bertz CT molecular complexity index is 722. The van der Waals surface area contributed by atoms with Crippen molar-refractivity contribution in [2.75, 3.05) is 6.54 Å². The zero-order valence-electron chi connectivity index (χ0n) is 11.9. The molecule has 0 atom stereocenters. The number of aromatic nitrogens is 5. The van der Waals surface area contributed by atoms with Gasteiger partial charge in [-0.25, -0.2) is 4.98 Å². The van der Waals surface area contributed by atoms with E-state index < -0.39 is 0 Å². The predicted molar refractivity (Wildman–Crippen MR) is 79.0 cm³/mol. The Hall–Kier alpha value is -1.73. The minimum atomic E-state index is 0.820. The first kappa shape index (κ1) is 13.3. The zero-order chi connectivity index (χ0) is 14.1. The molecule has 0 spiro atoms. The van der Waals surface area contributed by atoms with Gasteiger partial charge in [0.05, 0.1) is 11.4 Å². The maximum absolute atomic E-state index is 4.59. The van der Waals surface area contributed by atoms with Crippen molar-refractivity contribution in [1.82, 2.24) is 29.5 Å². The van der Waals surface area contributed by atoms with E-state index in [9.17, 15) is 0 Å². The van der Waals surface area contributed by atoms with Crippen molar-refractivity contribution in [3.05, 3.63) is 34.6 Å². The summed E-state index contributed by atoms with van der Waals surface area (Å²) in [6.45, 7) is 5.87. The van der Waals surface area contributed by atoms with Crippen molar-refractivity contribution < 1.29 is 0 Å². The molecule has 0 unspecified atom stereocenters. The van der Waals surface area contributed by atoms with Crippen molar-refractivity contribution in [2.45, 2.75) is 26.8 Å². The molecule has 7 heteroatoms. The molecule has 0 aliphatic heterocycles. The first-order valence-corrected chi connectivity index (χ1v) is 7.44. The first-order valence-electron chi connectivity index (χ1n) is 6.62. The number of rotatable bonds is 5. The van der Waals surface area contributed by atoms with Gasteiger partial charge in [-0.2, -0.15) is 0 Å². The largest absolute Gasteiger partial charge is 0.321 e. The van der Waals surface area contributed by atoms with Crippen molar-refractivity contribution in [1.29, 1.82) is 0 Å². The Morgan fingerprint density at radius 3 is 2.95 bits per heavy atom. The van der Waals surface area contributed by atoms with Gasteiger partial charge in [-0.1, -0.05) is 0 Å². The number of fused-ring (bicyclic) bond motifs is 1. The summed E-state index contributed by atoms with van der Waals surface area (Å²) in [5.74, 6) is 0.999. The van der Waals surface area contributed by atoms with E-state index in [1.165, 1.54) is 10.6 Å². The van der Waals surface area contributed by atoms with E-state index in [1.807, 2.05) is 11.6 Å². The molecule has 3 heterocycles. The molecule has 0 radical (unpaired) electrons. The van der Waals surface area contributed by atoms with Gasteiger partial charge in [0.15, 0.2) is 4.96 Å². The van der Waals surface area contributed by atoms with Gasteiger partial charge in [-0.3, -0.25) is 4.40 Å². The van der Waals surface area contributed by atoms with Gasteiger partial charge < -0.3 is 9.88 Å². The highest BCUT2D eigenvalue weighted by Crippen LogP contribution is 2.20. The van der Waals surface area contributed by atoms with Crippen LogP contribution in [0.5, 0.6) is 0 Å². The Morgan fingerprint density at radius 1 is 1.35 bits per heavy atom. The highest BCUT2D eigenvalue weighted by atomic mass is 32.1. The van der Waals surface area contributed by atoms with Crippen molar-refractivity contribution in [3.63, 3.8) is 0 Å². The summed E-state index contributed by atoms with van der Waals surface area (Å²) in [5.41, 5.74) is 2.34. The average Bonchev–Trinajstić information content (AvgIpc) is 3.02. The summed E-state index contributed by atoms with van der Waals surface area (Å²) >= 11 is 1.73. The van der Waals surface area contributed by atoms with Gasteiger partial charge >= 0.3 is 0 Å². The summed E-state index contributed by atoms with van der Waals surface area (Å²) < 4.78 is 4.14. The highest BCUT2D eigenvalue weighted by molar-refractivity contribution is 7.17. The van der Waals surface area contributed by atoms with Crippen LogP contribution in [0.1, 0.15) is 22.1 Å². The smallest absolute Gasteiger partial charge is 0.194 e. The molecule has 3 aromatic heterocycles. The zero-order valence-corrected chi connectivity index (χ0v) is 12.7. The van der Waals surface area contributed by atoms with E-state index in [4.69, 9.17) is 0 Å². The number of aryl methyl sites for hydroxylation is 3. The second-order valence-corrected chi connectivity index (χ2v) is 6.14. The van der Waals surface area contributed by atoms with Crippen LogP contribution in [0.25, 0.3) is 4.96 Å². The summed E-state index contributed by atoms with van der Waals surface area (Å²) in [5, 5.41) is 11.4. The van der Waals surface area contributed by atoms with Crippen LogP contribution in [0.2, 0.25) is 0 Å². The SMILES string of the molecule is Cc1cn2c(CNCCc3nncn3C)c(C)nc2s1. The fraction of sp³-hybridized carbons (Fsp3) is 0.462. The number of nitrogens with one attached hydrogen (secondary N) is 1. The molecule has 3 rings (SSSR count). The van der Waals surface area contributed by atoms with Gasteiger partial charge in [-0.15, -0.1) is 21.5 Å². The number of nitrogens with zero attached hydrogens (tertiary/aromatic N) is 5. The van der Waals surface area contributed by atoms with E-state index in [1.54, 1.807) is 17.7 Å². The molecule has 106 valence electrons. The first-order chi connectivity index (χ1) is 9.65. The highest BCUT2D eigenvalue weighted by Gasteiger charge is 2.10. The molecular weight excluding hydrogens is 272 g/mol. The molecule has 1 N–H and O–H groups in total. The number of hydrogen-bond donors (Lipinski definition) is 1. The second-order valence-electron chi connectivity index (χ2n) is 4.92. The third-order valence-corrected chi connectivity index (χ3v) is 4.26. The van der Waals surface area contributed by atoms with Gasteiger partial charge in [0, 0.05) is 37.6 Å². The van der Waals surface area contributed by atoms with E-state index in [-0.39, 0.29) is 0 Å². The average molecular weight is 290 g/mol. The molecule has 0 saturated heterocycles. The van der Waals surface area contributed by atoms with Crippen LogP contribution in [0.15, 0.2) is 12.5 Å². The molecule has 0 amide bonds. The molecule has 0 aromatic carbocycles. The van der Waals surface area contributed by atoms with Crippen LogP contribution in [0, 0.1) is 13.8 Å². The van der Waals surface area contributed by atoms with Gasteiger partial charge in [-0.05, 0) is 13.8 Å². The normalized spacial score (nSPS) is 11.6. The maximum atomic E-state index is 4.59. The molecule has 0 aliphatic rings. The van der Waals surface area contributed by atoms with Gasteiger partial charge in [0.2, 0.25) is 0 Å². The molecule has 0 saturated carbocycles. The van der Waals surface area contributed by atoms with Crippen LogP contribution in [0.3, 0.4) is 0 Å². The van der Waals surface area contributed by atoms with E-state index in [0.29, 0.717) is 0 Å². The molecule has 3 aromatic rings. The standard InChI is InChI=1S/C13H18N6S/c1-9-7-19-11(10(2)16-13(19)20-9)6-14-5-4-12-17-15-8-18(12)3/h7-8,14H,4-6H2,1-3H3. The fourth-order valence-electron chi connectivity index (χ4n) is 2.26. The Kier molecular flexibility index (Phi) is 3.54. The summed E-state index contributed by atoms with van der Waals surface area (Å²) in [6, 6.07) is 0. The topological polar surface area (TPSA) is 60.0 Å². The lowest BCUT2D eigenvalue weighted by Gasteiger charge is -2.05. The van der Waals surface area contributed by atoms with Crippen LogP contribution < -0.4 is 5.32 Å². The lowest BCUT2D eigenvalue weighted by atomic mass is 10.3. The van der Waals surface area contributed by atoms with E-state index in [2.05, 4.69) is 44.9 Å². The molecule has 6 nitrogen and oxygen atoms in total. The van der Waals surface area contributed by atoms with E-state index >= 15 is 0 Å². The summed E-state index contributed by atoms with van der Waals surface area (Å²) in [4.78, 5) is 6.95. The minimum absolute atomic E-state index is 0.820. The second kappa shape index (κ2) is 5.34. The third-order valence-electron chi connectivity index (χ3n) is 3.36. The number of imidazole rings is 1. The van der Waals surface area contributed by atoms with Crippen LogP contribution >= 0.6 is 11.3 Å². The Balaban J connectivity index is 1.62. The molecule has 20 heavy (non-hydrogen) atoms. The monoisotopic (exact) mass is 290 g/mol. The molecule has 0 bridgehead atoms. The van der Waals surface area contributed by atoms with Crippen molar-refractivity contribution in [2.24, 2.45) is 7.05 Å². The lowest BCUT2D eigenvalue weighted by molar-refractivity contribution is 0.641.